The van der Waals surface area contributed by atoms with Crippen LogP contribution >= 0.6 is 0 Å². The molecule has 0 spiro atoms. The molecule has 5 nitrogen and oxygen atoms in total. The zero-order valence-electron chi connectivity index (χ0n) is 8.67. The third-order valence-electron chi connectivity index (χ3n) is 3.65. The topological polar surface area (TPSA) is 68.2 Å². The van der Waals surface area contributed by atoms with Gasteiger partial charge in [-0.2, -0.15) is 4.98 Å². The lowest BCUT2D eigenvalue weighted by atomic mass is 9.98. The summed E-state index contributed by atoms with van der Waals surface area (Å²) in [5, 5.41) is 3.64. The van der Waals surface area contributed by atoms with E-state index in [1.54, 1.807) is 0 Å². The highest BCUT2D eigenvalue weighted by molar-refractivity contribution is 4.97. The maximum atomic E-state index is 6.01. The average Bonchev–Trinajstić information content (AvgIpc) is 2.77. The first kappa shape index (κ1) is 9.30. The molecule has 1 aromatic rings. The van der Waals surface area contributed by atoms with Crippen LogP contribution in [0.2, 0.25) is 0 Å². The first-order valence-electron chi connectivity index (χ1n) is 5.60. The van der Waals surface area contributed by atoms with Crippen molar-refractivity contribution in [2.45, 2.75) is 50.4 Å². The lowest BCUT2D eigenvalue weighted by Gasteiger charge is -2.36. The van der Waals surface area contributed by atoms with E-state index in [-0.39, 0.29) is 0 Å². The first-order chi connectivity index (χ1) is 7.33. The summed E-state index contributed by atoms with van der Waals surface area (Å²) in [5.74, 6) is 0.724. The van der Waals surface area contributed by atoms with Crippen LogP contribution in [0.5, 0.6) is 0 Å². The van der Waals surface area contributed by atoms with Crippen LogP contribution in [0.3, 0.4) is 0 Å². The number of aromatic nitrogens is 2. The van der Waals surface area contributed by atoms with Gasteiger partial charge < -0.3 is 10.3 Å². The SMILES string of the molecule is NC1CC2CCC(C1)N2Cc1ncno1. The van der Waals surface area contributed by atoms with Crippen molar-refractivity contribution >= 4 is 0 Å². The summed E-state index contributed by atoms with van der Waals surface area (Å²) in [7, 11) is 0. The van der Waals surface area contributed by atoms with Crippen LogP contribution in [0.25, 0.3) is 0 Å². The zero-order valence-corrected chi connectivity index (χ0v) is 8.67. The Morgan fingerprint density at radius 1 is 1.40 bits per heavy atom. The molecule has 0 aromatic carbocycles. The second kappa shape index (κ2) is 3.57. The van der Waals surface area contributed by atoms with Gasteiger partial charge in [0.15, 0.2) is 6.33 Å². The number of piperidine rings is 1. The van der Waals surface area contributed by atoms with Crippen LogP contribution in [-0.4, -0.2) is 33.2 Å². The minimum absolute atomic E-state index is 0.390. The summed E-state index contributed by atoms with van der Waals surface area (Å²) < 4.78 is 5.05. The summed E-state index contributed by atoms with van der Waals surface area (Å²) in [6.07, 6.45) is 6.24. The second-order valence-electron chi connectivity index (χ2n) is 4.62. The molecule has 0 aliphatic carbocycles. The molecule has 0 saturated carbocycles. The Kier molecular flexibility index (Phi) is 2.21. The van der Waals surface area contributed by atoms with Gasteiger partial charge in [-0.1, -0.05) is 5.16 Å². The van der Waals surface area contributed by atoms with Gasteiger partial charge in [0.2, 0.25) is 5.89 Å². The van der Waals surface area contributed by atoms with Gasteiger partial charge in [0.25, 0.3) is 0 Å². The van der Waals surface area contributed by atoms with E-state index >= 15 is 0 Å². The van der Waals surface area contributed by atoms with Crippen LogP contribution < -0.4 is 5.73 Å². The van der Waals surface area contributed by atoms with Crippen LogP contribution in [0.4, 0.5) is 0 Å². The molecule has 1 aromatic heterocycles. The monoisotopic (exact) mass is 208 g/mol. The molecule has 0 radical (unpaired) electrons. The Bertz CT molecular complexity index is 312. The van der Waals surface area contributed by atoms with E-state index in [0.717, 1.165) is 25.3 Å². The summed E-state index contributed by atoms with van der Waals surface area (Å²) in [5.41, 5.74) is 6.01. The Labute approximate surface area is 88.6 Å². The molecule has 15 heavy (non-hydrogen) atoms. The number of hydrogen-bond donors (Lipinski definition) is 1. The van der Waals surface area contributed by atoms with Gasteiger partial charge in [0.05, 0.1) is 6.54 Å². The van der Waals surface area contributed by atoms with Crippen molar-refractivity contribution < 1.29 is 4.52 Å². The Morgan fingerprint density at radius 3 is 2.73 bits per heavy atom. The van der Waals surface area contributed by atoms with Gasteiger partial charge >= 0.3 is 0 Å². The molecule has 3 heterocycles. The number of nitrogens with zero attached hydrogens (tertiary/aromatic N) is 3. The molecule has 2 aliphatic rings. The largest absolute Gasteiger partial charge is 0.338 e. The molecule has 82 valence electrons. The molecule has 2 aliphatic heterocycles. The minimum atomic E-state index is 0.390. The molecule has 0 amide bonds. The van der Waals surface area contributed by atoms with Gasteiger partial charge in [0, 0.05) is 18.1 Å². The normalized spacial score (nSPS) is 35.9. The maximum absolute atomic E-state index is 6.01. The molecule has 2 N–H and O–H groups in total. The quantitative estimate of drug-likeness (QED) is 0.767. The smallest absolute Gasteiger partial charge is 0.240 e. The third-order valence-corrected chi connectivity index (χ3v) is 3.65. The van der Waals surface area contributed by atoms with E-state index in [2.05, 4.69) is 15.0 Å². The van der Waals surface area contributed by atoms with E-state index in [4.69, 9.17) is 10.3 Å². The molecule has 3 rings (SSSR count). The predicted octanol–water partition coefficient (Wildman–Crippen LogP) is 0.524. The fraction of sp³-hybridized carbons (Fsp3) is 0.800. The van der Waals surface area contributed by atoms with Gasteiger partial charge in [0.1, 0.15) is 0 Å². The van der Waals surface area contributed by atoms with Gasteiger partial charge in [-0.3, -0.25) is 4.90 Å². The Balaban J connectivity index is 1.72. The summed E-state index contributed by atoms with van der Waals surface area (Å²) in [6, 6.07) is 1.65. The van der Waals surface area contributed by atoms with Crippen LogP contribution in [0.15, 0.2) is 10.9 Å². The Morgan fingerprint density at radius 2 is 2.13 bits per heavy atom. The van der Waals surface area contributed by atoms with Crippen molar-refractivity contribution in [1.82, 2.24) is 15.0 Å². The number of nitrogens with two attached hydrogens (primary N) is 1. The Hall–Kier alpha value is -0.940. The van der Waals surface area contributed by atoms with Crippen molar-refractivity contribution in [3.63, 3.8) is 0 Å². The summed E-state index contributed by atoms with van der Waals surface area (Å²) in [4.78, 5) is 6.56. The molecular formula is C10H16N4O. The van der Waals surface area contributed by atoms with Crippen molar-refractivity contribution in [2.24, 2.45) is 5.73 Å². The van der Waals surface area contributed by atoms with Crippen LogP contribution in [0.1, 0.15) is 31.6 Å². The molecule has 2 atom stereocenters. The standard InChI is InChI=1S/C10H16N4O/c11-7-3-8-1-2-9(4-7)14(8)5-10-12-6-13-15-10/h6-9H,1-5,11H2. The molecule has 2 saturated heterocycles. The van der Waals surface area contributed by atoms with Crippen LogP contribution in [0, 0.1) is 0 Å². The average molecular weight is 208 g/mol. The lowest BCUT2D eigenvalue weighted by molar-refractivity contribution is 0.105. The first-order valence-corrected chi connectivity index (χ1v) is 5.60. The molecule has 2 unspecified atom stereocenters. The highest BCUT2D eigenvalue weighted by Crippen LogP contribution is 2.35. The third kappa shape index (κ3) is 1.66. The zero-order chi connectivity index (χ0) is 10.3. The van der Waals surface area contributed by atoms with Gasteiger partial charge in [-0.05, 0) is 25.7 Å². The summed E-state index contributed by atoms with van der Waals surface area (Å²) in [6.45, 7) is 0.794. The number of hydrogen-bond acceptors (Lipinski definition) is 5. The predicted molar refractivity (Wildman–Crippen MR) is 53.9 cm³/mol. The van der Waals surface area contributed by atoms with Crippen molar-refractivity contribution in [1.29, 1.82) is 0 Å². The van der Waals surface area contributed by atoms with E-state index in [0.29, 0.717) is 18.1 Å². The van der Waals surface area contributed by atoms with Crippen molar-refractivity contribution in [3.05, 3.63) is 12.2 Å². The highest BCUT2D eigenvalue weighted by atomic mass is 16.5. The highest BCUT2D eigenvalue weighted by Gasteiger charge is 2.39. The molecular weight excluding hydrogens is 192 g/mol. The summed E-state index contributed by atoms with van der Waals surface area (Å²) >= 11 is 0. The van der Waals surface area contributed by atoms with Gasteiger partial charge in [-0.25, -0.2) is 0 Å². The van der Waals surface area contributed by atoms with E-state index in [1.807, 2.05) is 0 Å². The van der Waals surface area contributed by atoms with Crippen LogP contribution in [-0.2, 0) is 6.54 Å². The fourth-order valence-electron chi connectivity index (χ4n) is 3.00. The van der Waals surface area contributed by atoms with Crippen molar-refractivity contribution in [3.8, 4) is 0 Å². The van der Waals surface area contributed by atoms with E-state index in [9.17, 15) is 0 Å². The van der Waals surface area contributed by atoms with Crippen molar-refractivity contribution in [2.75, 3.05) is 0 Å². The maximum Gasteiger partial charge on any atom is 0.240 e. The molecule has 2 fully saturated rings. The van der Waals surface area contributed by atoms with Gasteiger partial charge in [-0.15, -0.1) is 0 Å². The minimum Gasteiger partial charge on any atom is -0.338 e. The second-order valence-corrected chi connectivity index (χ2v) is 4.62. The lowest BCUT2D eigenvalue weighted by Crippen LogP contribution is -2.46. The number of fused-ring (bicyclic) bond motifs is 2. The fourth-order valence-corrected chi connectivity index (χ4v) is 3.00. The number of rotatable bonds is 2. The molecule has 2 bridgehead atoms. The van der Waals surface area contributed by atoms with E-state index < -0.39 is 0 Å². The van der Waals surface area contributed by atoms with E-state index in [1.165, 1.54) is 19.2 Å². The molecule has 5 heteroatoms.